The molecule has 106 valence electrons. The van der Waals surface area contributed by atoms with E-state index in [2.05, 4.69) is 5.32 Å². The summed E-state index contributed by atoms with van der Waals surface area (Å²) in [6, 6.07) is 7.07. The maximum atomic E-state index is 13.5. The first kappa shape index (κ1) is 14.7. The van der Waals surface area contributed by atoms with E-state index < -0.39 is 5.97 Å². The van der Waals surface area contributed by atoms with Gasteiger partial charge in [0.15, 0.2) is 0 Å². The van der Waals surface area contributed by atoms with Gasteiger partial charge in [0, 0.05) is 18.0 Å². The van der Waals surface area contributed by atoms with E-state index in [0.717, 1.165) is 10.4 Å². The minimum atomic E-state index is -0.897. The molecule has 0 atom stereocenters. The molecule has 3 nitrogen and oxygen atoms in total. The highest BCUT2D eigenvalue weighted by atomic mass is 32.1. The molecule has 0 aliphatic carbocycles. The van der Waals surface area contributed by atoms with Gasteiger partial charge in [0.2, 0.25) is 0 Å². The average Bonchev–Trinajstić information content (AvgIpc) is 2.85. The first-order chi connectivity index (χ1) is 9.47. The molecule has 1 aromatic heterocycles. The van der Waals surface area contributed by atoms with Gasteiger partial charge in [0.25, 0.3) is 0 Å². The van der Waals surface area contributed by atoms with Crippen LogP contribution in [0, 0.1) is 19.7 Å². The first-order valence-electron chi connectivity index (χ1n) is 6.25. The van der Waals surface area contributed by atoms with Gasteiger partial charge >= 0.3 is 5.97 Å². The number of hydrogen-bond donors (Lipinski definition) is 2. The fourth-order valence-electron chi connectivity index (χ4n) is 2.06. The van der Waals surface area contributed by atoms with Crippen molar-refractivity contribution in [3.63, 3.8) is 0 Å². The summed E-state index contributed by atoms with van der Waals surface area (Å²) in [5.41, 5.74) is 2.31. The van der Waals surface area contributed by atoms with Gasteiger partial charge in [-0.2, -0.15) is 0 Å². The molecule has 5 heteroatoms. The molecule has 20 heavy (non-hydrogen) atoms. The van der Waals surface area contributed by atoms with E-state index in [1.165, 1.54) is 11.3 Å². The molecule has 0 saturated heterocycles. The topological polar surface area (TPSA) is 49.3 Å². The number of rotatable bonds is 5. The van der Waals surface area contributed by atoms with Crippen LogP contribution in [-0.4, -0.2) is 11.1 Å². The van der Waals surface area contributed by atoms with Crippen LogP contribution < -0.4 is 5.32 Å². The maximum Gasteiger partial charge on any atom is 0.345 e. The molecule has 1 aromatic carbocycles. The predicted molar refractivity (Wildman–Crippen MR) is 77.7 cm³/mol. The lowest BCUT2D eigenvalue weighted by Gasteiger charge is -2.07. The van der Waals surface area contributed by atoms with Crippen molar-refractivity contribution in [1.29, 1.82) is 0 Å². The Kier molecular flexibility index (Phi) is 4.52. The second-order valence-corrected chi connectivity index (χ2v) is 5.89. The molecule has 2 N–H and O–H groups in total. The predicted octanol–water partition coefficient (Wildman–Crippen LogP) is 3.49. The molecule has 0 radical (unpaired) electrons. The third kappa shape index (κ3) is 3.43. The number of halogens is 1. The van der Waals surface area contributed by atoms with Gasteiger partial charge in [-0.1, -0.05) is 12.1 Å². The van der Waals surface area contributed by atoms with Gasteiger partial charge in [-0.15, -0.1) is 11.3 Å². The molecule has 0 amide bonds. The third-order valence-corrected chi connectivity index (χ3v) is 4.07. The van der Waals surface area contributed by atoms with Crippen LogP contribution in [0.2, 0.25) is 0 Å². The smallest absolute Gasteiger partial charge is 0.345 e. The highest BCUT2D eigenvalue weighted by Crippen LogP contribution is 2.17. The van der Waals surface area contributed by atoms with Crippen LogP contribution in [0.25, 0.3) is 0 Å². The number of hydrogen-bond acceptors (Lipinski definition) is 3. The van der Waals surface area contributed by atoms with Crippen LogP contribution in [-0.2, 0) is 13.1 Å². The highest BCUT2D eigenvalue weighted by molar-refractivity contribution is 7.13. The van der Waals surface area contributed by atoms with Crippen molar-refractivity contribution in [2.45, 2.75) is 26.9 Å². The number of nitrogens with one attached hydrogen (secondary N) is 1. The summed E-state index contributed by atoms with van der Waals surface area (Å²) < 4.78 is 13.5. The third-order valence-electron chi connectivity index (χ3n) is 3.00. The Morgan fingerprint density at radius 1 is 1.25 bits per heavy atom. The number of thiophene rings is 1. The van der Waals surface area contributed by atoms with E-state index in [-0.39, 0.29) is 5.82 Å². The molecule has 2 rings (SSSR count). The molecule has 0 spiro atoms. The van der Waals surface area contributed by atoms with Crippen molar-refractivity contribution in [3.05, 3.63) is 56.5 Å². The normalized spacial score (nSPS) is 10.8. The highest BCUT2D eigenvalue weighted by Gasteiger charge is 2.07. The van der Waals surface area contributed by atoms with Gasteiger partial charge in [-0.25, -0.2) is 9.18 Å². The van der Waals surface area contributed by atoms with E-state index in [1.54, 1.807) is 19.9 Å². The van der Waals surface area contributed by atoms with E-state index in [0.29, 0.717) is 29.1 Å². The zero-order chi connectivity index (χ0) is 14.7. The Bertz CT molecular complexity index is 614. The van der Waals surface area contributed by atoms with Crippen molar-refractivity contribution in [2.75, 3.05) is 0 Å². The molecule has 0 unspecified atom stereocenters. The van der Waals surface area contributed by atoms with Crippen LogP contribution in [0.4, 0.5) is 4.39 Å². The van der Waals surface area contributed by atoms with Crippen molar-refractivity contribution in [1.82, 2.24) is 5.32 Å². The molecule has 0 aliphatic rings. The molecular formula is C15H16FNO2S. The number of carboxylic acids is 1. The molecule has 2 aromatic rings. The molecule has 0 fully saturated rings. The zero-order valence-corrected chi connectivity index (χ0v) is 12.2. The standard InChI is InChI=1S/C15H16FNO2S/c1-9-5-11(6-10(2)14(9)16)7-17-8-12-3-4-13(20-12)15(18)19/h3-6,17H,7-8H2,1-2H3,(H,18,19). The van der Waals surface area contributed by atoms with Crippen molar-refractivity contribution in [2.24, 2.45) is 0 Å². The van der Waals surface area contributed by atoms with Crippen LogP contribution in [0.15, 0.2) is 24.3 Å². The maximum absolute atomic E-state index is 13.5. The second kappa shape index (κ2) is 6.15. The summed E-state index contributed by atoms with van der Waals surface area (Å²) >= 11 is 1.26. The van der Waals surface area contributed by atoms with Gasteiger partial charge < -0.3 is 10.4 Å². The van der Waals surface area contributed by atoms with Crippen LogP contribution >= 0.6 is 11.3 Å². The fourth-order valence-corrected chi connectivity index (χ4v) is 2.87. The summed E-state index contributed by atoms with van der Waals surface area (Å²) in [6.45, 7) is 4.74. The quantitative estimate of drug-likeness (QED) is 0.887. The number of benzene rings is 1. The lowest BCUT2D eigenvalue weighted by molar-refractivity contribution is 0.0702. The van der Waals surface area contributed by atoms with Gasteiger partial charge in [0.1, 0.15) is 10.7 Å². The SMILES string of the molecule is Cc1cc(CNCc2ccc(C(=O)O)s2)cc(C)c1F. The molecule has 0 bridgehead atoms. The Labute approximate surface area is 121 Å². The summed E-state index contributed by atoms with van der Waals surface area (Å²) in [6.07, 6.45) is 0. The van der Waals surface area contributed by atoms with E-state index >= 15 is 0 Å². The summed E-state index contributed by atoms with van der Waals surface area (Å²) in [5, 5.41) is 12.1. The fraction of sp³-hybridized carbons (Fsp3) is 0.267. The monoisotopic (exact) mass is 293 g/mol. The number of aryl methyl sites for hydroxylation is 2. The average molecular weight is 293 g/mol. The summed E-state index contributed by atoms with van der Waals surface area (Å²) in [4.78, 5) is 12.1. The van der Waals surface area contributed by atoms with Gasteiger partial charge in [-0.05, 0) is 42.7 Å². The minimum Gasteiger partial charge on any atom is -0.477 e. The number of carboxylic acid groups (broad SMARTS) is 1. The van der Waals surface area contributed by atoms with E-state index in [9.17, 15) is 9.18 Å². The lowest BCUT2D eigenvalue weighted by atomic mass is 10.1. The molecular weight excluding hydrogens is 277 g/mol. The summed E-state index contributed by atoms with van der Waals surface area (Å²) in [7, 11) is 0. The lowest BCUT2D eigenvalue weighted by Crippen LogP contribution is -2.12. The van der Waals surface area contributed by atoms with Crippen LogP contribution in [0.3, 0.4) is 0 Å². The van der Waals surface area contributed by atoms with E-state index in [1.807, 2.05) is 18.2 Å². The first-order valence-corrected chi connectivity index (χ1v) is 7.07. The molecule has 0 saturated carbocycles. The molecule has 1 heterocycles. The molecule has 0 aliphatic heterocycles. The second-order valence-electron chi connectivity index (χ2n) is 4.72. The Morgan fingerprint density at radius 3 is 2.45 bits per heavy atom. The van der Waals surface area contributed by atoms with E-state index in [4.69, 9.17) is 5.11 Å². The van der Waals surface area contributed by atoms with Crippen molar-refractivity contribution in [3.8, 4) is 0 Å². The zero-order valence-electron chi connectivity index (χ0n) is 11.4. The minimum absolute atomic E-state index is 0.155. The Morgan fingerprint density at radius 2 is 1.90 bits per heavy atom. The van der Waals surface area contributed by atoms with Crippen molar-refractivity contribution >= 4 is 17.3 Å². The summed E-state index contributed by atoms with van der Waals surface area (Å²) in [5.74, 6) is -1.05. The van der Waals surface area contributed by atoms with Crippen LogP contribution in [0.1, 0.15) is 31.2 Å². The number of aromatic carboxylic acids is 1. The Balaban J connectivity index is 1.94. The van der Waals surface area contributed by atoms with Gasteiger partial charge in [0.05, 0.1) is 0 Å². The Hall–Kier alpha value is -1.72. The number of carbonyl (C=O) groups is 1. The van der Waals surface area contributed by atoms with Crippen molar-refractivity contribution < 1.29 is 14.3 Å². The van der Waals surface area contributed by atoms with Crippen LogP contribution in [0.5, 0.6) is 0 Å². The van der Waals surface area contributed by atoms with Gasteiger partial charge in [-0.3, -0.25) is 0 Å². The largest absolute Gasteiger partial charge is 0.477 e.